The van der Waals surface area contributed by atoms with E-state index in [1.807, 2.05) is 30.5 Å². The van der Waals surface area contributed by atoms with Gasteiger partial charge in [0, 0.05) is 32.4 Å². The van der Waals surface area contributed by atoms with Crippen molar-refractivity contribution in [2.45, 2.75) is 12.8 Å². The number of rotatable bonds is 5. The quantitative estimate of drug-likeness (QED) is 0.714. The van der Waals surface area contributed by atoms with Gasteiger partial charge in [-0.3, -0.25) is 19.6 Å². The van der Waals surface area contributed by atoms with E-state index in [4.69, 9.17) is 16.3 Å². The number of hydrogen-bond acceptors (Lipinski definition) is 4. The molecule has 0 N–H and O–H groups in total. The minimum Gasteiger partial charge on any atom is -0.461 e. The van der Waals surface area contributed by atoms with Gasteiger partial charge in [0.1, 0.15) is 17.2 Å². The van der Waals surface area contributed by atoms with Crippen LogP contribution in [0.3, 0.4) is 0 Å². The number of halogens is 1. The van der Waals surface area contributed by atoms with Gasteiger partial charge < -0.3 is 4.74 Å². The summed E-state index contributed by atoms with van der Waals surface area (Å²) in [7, 11) is 0. The zero-order valence-corrected chi connectivity index (χ0v) is 16.3. The van der Waals surface area contributed by atoms with E-state index < -0.39 is 0 Å². The SMILES string of the molecule is O=C1c2ccccc2OC=C(Cl)N1CCCN1CC=C(c2ccccn2)CC1. The third kappa shape index (κ3) is 4.11. The second kappa shape index (κ2) is 8.59. The number of amides is 1. The molecule has 0 bridgehead atoms. The van der Waals surface area contributed by atoms with Crippen molar-refractivity contribution in [2.75, 3.05) is 26.2 Å². The Morgan fingerprint density at radius 2 is 1.96 bits per heavy atom. The highest BCUT2D eigenvalue weighted by Gasteiger charge is 2.25. The lowest BCUT2D eigenvalue weighted by atomic mass is 10.0. The number of ether oxygens (including phenoxy) is 1. The molecule has 0 saturated heterocycles. The number of nitrogens with zero attached hydrogens (tertiary/aromatic N) is 3. The van der Waals surface area contributed by atoms with Crippen LogP contribution in [0.4, 0.5) is 0 Å². The smallest absolute Gasteiger partial charge is 0.262 e. The Balaban J connectivity index is 1.33. The standard InChI is InChI=1S/C22H22ClN3O2/c23-21-16-28-20-8-2-1-6-18(20)22(27)26(21)13-5-12-25-14-9-17(10-15-25)19-7-3-4-11-24-19/h1-4,6-9,11,16H,5,10,12-15H2. The predicted molar refractivity (Wildman–Crippen MR) is 110 cm³/mol. The molecular formula is C22H22ClN3O2. The fourth-order valence-electron chi connectivity index (χ4n) is 3.52. The fourth-order valence-corrected chi connectivity index (χ4v) is 3.73. The van der Waals surface area contributed by atoms with Gasteiger partial charge in [-0.05, 0) is 42.7 Å². The van der Waals surface area contributed by atoms with E-state index in [1.54, 1.807) is 17.0 Å². The van der Waals surface area contributed by atoms with E-state index in [0.717, 1.165) is 38.2 Å². The highest BCUT2D eigenvalue weighted by atomic mass is 35.5. The Hall–Kier alpha value is -2.63. The number of carbonyl (C=O) groups excluding carboxylic acids is 1. The van der Waals surface area contributed by atoms with Gasteiger partial charge in [-0.1, -0.05) is 35.9 Å². The van der Waals surface area contributed by atoms with E-state index >= 15 is 0 Å². The van der Waals surface area contributed by atoms with E-state index in [-0.39, 0.29) is 5.91 Å². The van der Waals surface area contributed by atoms with E-state index in [9.17, 15) is 4.79 Å². The number of hydrogen-bond donors (Lipinski definition) is 0. The summed E-state index contributed by atoms with van der Waals surface area (Å²) in [6.07, 6.45) is 7.35. The van der Waals surface area contributed by atoms with Crippen LogP contribution >= 0.6 is 11.6 Å². The lowest BCUT2D eigenvalue weighted by Gasteiger charge is -2.27. The molecule has 1 aromatic carbocycles. The van der Waals surface area contributed by atoms with Gasteiger partial charge in [0.05, 0.1) is 11.3 Å². The molecule has 2 aliphatic heterocycles. The lowest BCUT2D eigenvalue weighted by Crippen LogP contribution is -2.34. The fraction of sp³-hybridized carbons (Fsp3) is 0.273. The van der Waals surface area contributed by atoms with E-state index in [1.165, 1.54) is 11.8 Å². The molecule has 0 atom stereocenters. The largest absolute Gasteiger partial charge is 0.461 e. The Labute approximate surface area is 169 Å². The summed E-state index contributed by atoms with van der Waals surface area (Å²) in [5, 5.41) is 0.317. The van der Waals surface area contributed by atoms with Crippen molar-refractivity contribution in [1.29, 1.82) is 0 Å². The van der Waals surface area contributed by atoms with Crippen LogP contribution < -0.4 is 4.74 Å². The van der Waals surface area contributed by atoms with Crippen molar-refractivity contribution in [3.63, 3.8) is 0 Å². The first kappa shape index (κ1) is 18.7. The third-order valence-electron chi connectivity index (χ3n) is 5.05. The Bertz CT molecular complexity index is 911. The van der Waals surface area contributed by atoms with Gasteiger partial charge in [-0.15, -0.1) is 0 Å². The molecule has 0 spiro atoms. The van der Waals surface area contributed by atoms with Crippen LogP contribution in [0.2, 0.25) is 0 Å². The number of aromatic nitrogens is 1. The molecule has 6 heteroatoms. The molecule has 0 radical (unpaired) electrons. The minimum absolute atomic E-state index is 0.120. The molecule has 2 aromatic rings. The summed E-state index contributed by atoms with van der Waals surface area (Å²) in [5.41, 5.74) is 2.91. The van der Waals surface area contributed by atoms with Crippen molar-refractivity contribution in [3.05, 3.63) is 77.4 Å². The third-order valence-corrected chi connectivity index (χ3v) is 5.34. The van der Waals surface area contributed by atoms with Crippen molar-refractivity contribution in [3.8, 4) is 5.75 Å². The van der Waals surface area contributed by atoms with Crippen LogP contribution in [0, 0.1) is 0 Å². The van der Waals surface area contributed by atoms with Gasteiger partial charge in [0.2, 0.25) is 0 Å². The van der Waals surface area contributed by atoms with E-state index in [0.29, 0.717) is 23.0 Å². The molecule has 0 saturated carbocycles. The lowest BCUT2D eigenvalue weighted by molar-refractivity contribution is 0.0812. The molecule has 0 aliphatic carbocycles. The zero-order valence-electron chi connectivity index (χ0n) is 15.6. The molecule has 5 nitrogen and oxygen atoms in total. The summed E-state index contributed by atoms with van der Waals surface area (Å²) in [6, 6.07) is 13.2. The van der Waals surface area contributed by atoms with Crippen molar-refractivity contribution in [2.24, 2.45) is 0 Å². The first-order chi connectivity index (χ1) is 13.7. The second-order valence-electron chi connectivity index (χ2n) is 6.86. The molecule has 0 unspecified atom stereocenters. The average Bonchev–Trinajstić information content (AvgIpc) is 2.87. The first-order valence-corrected chi connectivity index (χ1v) is 9.86. The number of benzene rings is 1. The van der Waals surface area contributed by atoms with Crippen molar-refractivity contribution >= 4 is 23.1 Å². The molecule has 1 amide bonds. The maximum Gasteiger partial charge on any atom is 0.262 e. The second-order valence-corrected chi connectivity index (χ2v) is 7.25. The van der Waals surface area contributed by atoms with Crippen molar-refractivity contribution in [1.82, 2.24) is 14.8 Å². The molecule has 1 aromatic heterocycles. The van der Waals surface area contributed by atoms with Crippen LogP contribution in [0.15, 0.2) is 66.2 Å². The molecule has 2 aliphatic rings. The van der Waals surface area contributed by atoms with Gasteiger partial charge >= 0.3 is 0 Å². The van der Waals surface area contributed by atoms with Crippen LogP contribution in [-0.2, 0) is 0 Å². The molecule has 3 heterocycles. The highest BCUT2D eigenvalue weighted by Crippen LogP contribution is 2.27. The summed E-state index contributed by atoms with van der Waals surface area (Å²) in [6.45, 7) is 3.35. The maximum atomic E-state index is 12.8. The first-order valence-electron chi connectivity index (χ1n) is 9.48. The van der Waals surface area contributed by atoms with Gasteiger partial charge in [-0.25, -0.2) is 0 Å². The summed E-state index contributed by atoms with van der Waals surface area (Å²) in [5.74, 6) is 0.418. The Morgan fingerprint density at radius 3 is 2.75 bits per heavy atom. The zero-order chi connectivity index (χ0) is 19.3. The number of fused-ring (bicyclic) bond motifs is 1. The average molecular weight is 396 g/mol. The number of para-hydroxylation sites is 1. The normalized spacial score (nSPS) is 17.3. The van der Waals surface area contributed by atoms with Crippen LogP contribution in [-0.4, -0.2) is 46.9 Å². The van der Waals surface area contributed by atoms with Gasteiger partial charge in [-0.2, -0.15) is 0 Å². The van der Waals surface area contributed by atoms with Crippen LogP contribution in [0.1, 0.15) is 28.9 Å². The Kier molecular flexibility index (Phi) is 5.74. The molecule has 0 fully saturated rings. The van der Waals surface area contributed by atoms with Crippen LogP contribution in [0.5, 0.6) is 5.75 Å². The topological polar surface area (TPSA) is 45.7 Å². The van der Waals surface area contributed by atoms with Crippen LogP contribution in [0.25, 0.3) is 5.57 Å². The minimum atomic E-state index is -0.120. The molecular weight excluding hydrogens is 374 g/mol. The maximum absolute atomic E-state index is 12.8. The molecule has 28 heavy (non-hydrogen) atoms. The summed E-state index contributed by atoms with van der Waals surface area (Å²) >= 11 is 6.29. The number of pyridine rings is 1. The molecule has 144 valence electrons. The summed E-state index contributed by atoms with van der Waals surface area (Å²) < 4.78 is 5.53. The van der Waals surface area contributed by atoms with E-state index in [2.05, 4.69) is 22.0 Å². The summed E-state index contributed by atoms with van der Waals surface area (Å²) in [4.78, 5) is 21.2. The van der Waals surface area contributed by atoms with Gasteiger partial charge in [0.15, 0.2) is 0 Å². The van der Waals surface area contributed by atoms with Gasteiger partial charge in [0.25, 0.3) is 5.91 Å². The van der Waals surface area contributed by atoms with Crippen molar-refractivity contribution < 1.29 is 9.53 Å². The predicted octanol–water partition coefficient (Wildman–Crippen LogP) is 4.13. The Morgan fingerprint density at radius 1 is 1.11 bits per heavy atom. The highest BCUT2D eigenvalue weighted by molar-refractivity contribution is 6.30. The number of carbonyl (C=O) groups is 1. The molecule has 4 rings (SSSR count). The monoisotopic (exact) mass is 395 g/mol.